The van der Waals surface area contributed by atoms with Crippen LogP contribution in [0.25, 0.3) is 0 Å². The van der Waals surface area contributed by atoms with E-state index >= 15 is 0 Å². The van der Waals surface area contributed by atoms with Crippen molar-refractivity contribution in [2.75, 3.05) is 24.6 Å². The molecule has 0 aromatic carbocycles. The minimum absolute atomic E-state index is 0.123. The predicted octanol–water partition coefficient (Wildman–Crippen LogP) is 2.57. The highest BCUT2D eigenvalue weighted by atomic mass is 32.2. The molecule has 0 aromatic heterocycles. The number of nitrogens with zero attached hydrogens (tertiary/aromatic N) is 1. The lowest BCUT2D eigenvalue weighted by molar-refractivity contribution is 0.203. The number of hydrogen-bond acceptors (Lipinski definition) is 2. The van der Waals surface area contributed by atoms with Gasteiger partial charge in [0.05, 0.1) is 0 Å². The maximum Gasteiger partial charge on any atom is 0.317 e. The summed E-state index contributed by atoms with van der Waals surface area (Å²) in [6, 6.07) is 0.417. The van der Waals surface area contributed by atoms with Crippen molar-refractivity contribution in [3.63, 3.8) is 0 Å². The molecule has 16 heavy (non-hydrogen) atoms. The zero-order chi connectivity index (χ0) is 12.0. The largest absolute Gasteiger partial charge is 0.336 e. The van der Waals surface area contributed by atoms with E-state index in [9.17, 15) is 4.79 Å². The first-order valence-corrected chi connectivity index (χ1v) is 7.42. The van der Waals surface area contributed by atoms with Crippen molar-refractivity contribution in [3.8, 4) is 0 Å². The quantitative estimate of drug-likeness (QED) is 0.754. The lowest BCUT2D eigenvalue weighted by Crippen LogP contribution is -2.42. The van der Waals surface area contributed by atoms with Gasteiger partial charge in [-0.2, -0.15) is 11.8 Å². The summed E-state index contributed by atoms with van der Waals surface area (Å²) in [5.74, 6) is 2.95. The van der Waals surface area contributed by atoms with Gasteiger partial charge in [-0.1, -0.05) is 13.8 Å². The second-order valence-electron chi connectivity index (χ2n) is 4.68. The van der Waals surface area contributed by atoms with Crippen LogP contribution in [0, 0.1) is 5.92 Å². The van der Waals surface area contributed by atoms with Gasteiger partial charge in [0.2, 0.25) is 0 Å². The van der Waals surface area contributed by atoms with Gasteiger partial charge in [0.1, 0.15) is 0 Å². The van der Waals surface area contributed by atoms with Crippen molar-refractivity contribution < 1.29 is 4.79 Å². The van der Waals surface area contributed by atoms with E-state index in [0.29, 0.717) is 12.0 Å². The lowest BCUT2D eigenvalue weighted by Gasteiger charge is -2.20. The molecule has 0 unspecified atom stereocenters. The van der Waals surface area contributed by atoms with Crippen LogP contribution in [0.5, 0.6) is 0 Å². The van der Waals surface area contributed by atoms with Crippen molar-refractivity contribution in [1.29, 1.82) is 0 Å². The zero-order valence-corrected chi connectivity index (χ0v) is 11.5. The van der Waals surface area contributed by atoms with Gasteiger partial charge in [-0.25, -0.2) is 4.79 Å². The topological polar surface area (TPSA) is 32.3 Å². The fourth-order valence-corrected chi connectivity index (χ4v) is 2.71. The molecule has 1 saturated heterocycles. The molecule has 1 fully saturated rings. The molecule has 3 nitrogen and oxygen atoms in total. The predicted molar refractivity (Wildman–Crippen MR) is 71.0 cm³/mol. The van der Waals surface area contributed by atoms with Crippen LogP contribution < -0.4 is 5.32 Å². The molecule has 2 atom stereocenters. The minimum atomic E-state index is 0.123. The molecule has 0 spiro atoms. The van der Waals surface area contributed by atoms with E-state index in [2.05, 4.69) is 26.1 Å². The molecule has 94 valence electrons. The van der Waals surface area contributed by atoms with E-state index in [1.165, 1.54) is 0 Å². The highest BCUT2D eigenvalue weighted by Crippen LogP contribution is 2.15. The molecule has 0 radical (unpaired) electrons. The molecular weight excluding hydrogens is 220 g/mol. The molecular formula is C12H24N2OS. The smallest absolute Gasteiger partial charge is 0.317 e. The van der Waals surface area contributed by atoms with Gasteiger partial charge in [0.25, 0.3) is 0 Å². The molecule has 0 saturated carbocycles. The molecule has 1 N–H and O–H groups in total. The summed E-state index contributed by atoms with van der Waals surface area (Å²) in [4.78, 5) is 13.8. The summed E-state index contributed by atoms with van der Waals surface area (Å²) in [6.45, 7) is 8.30. The normalized spacial score (nSPS) is 22.2. The van der Waals surface area contributed by atoms with E-state index in [1.54, 1.807) is 0 Å². The molecule has 1 rings (SSSR count). The molecule has 2 amide bonds. The van der Waals surface area contributed by atoms with E-state index in [1.807, 2.05) is 16.7 Å². The number of likely N-dealkylation sites (tertiary alicyclic amines) is 1. The first-order valence-electron chi connectivity index (χ1n) is 6.26. The molecule has 1 aliphatic rings. The maximum atomic E-state index is 11.8. The SMILES string of the molecule is CCSCC[C@@H](C)NC(=O)N1CC[C@@H](C)C1. The third kappa shape index (κ3) is 4.64. The first-order chi connectivity index (χ1) is 7.63. The fourth-order valence-electron chi connectivity index (χ4n) is 1.90. The van der Waals surface area contributed by atoms with Crippen LogP contribution in [0.3, 0.4) is 0 Å². The van der Waals surface area contributed by atoms with Crippen molar-refractivity contribution in [1.82, 2.24) is 10.2 Å². The molecule has 4 heteroatoms. The Morgan fingerprint density at radius 2 is 2.38 bits per heavy atom. The Balaban J connectivity index is 2.17. The van der Waals surface area contributed by atoms with Crippen molar-refractivity contribution in [3.05, 3.63) is 0 Å². The van der Waals surface area contributed by atoms with Crippen LogP contribution in [-0.4, -0.2) is 41.6 Å². The van der Waals surface area contributed by atoms with E-state index < -0.39 is 0 Å². The highest BCUT2D eigenvalue weighted by molar-refractivity contribution is 7.99. The number of carbonyl (C=O) groups is 1. The number of nitrogens with one attached hydrogen (secondary N) is 1. The van der Waals surface area contributed by atoms with Crippen LogP contribution in [0.1, 0.15) is 33.6 Å². The van der Waals surface area contributed by atoms with Crippen LogP contribution in [0.4, 0.5) is 4.79 Å². The van der Waals surface area contributed by atoms with Crippen LogP contribution in [0.15, 0.2) is 0 Å². The Bertz CT molecular complexity index is 223. The summed E-state index contributed by atoms with van der Waals surface area (Å²) in [7, 11) is 0. The second kappa shape index (κ2) is 7.05. The molecule has 0 aromatic rings. The maximum absolute atomic E-state index is 11.8. The van der Waals surface area contributed by atoms with Crippen LogP contribution in [-0.2, 0) is 0 Å². The van der Waals surface area contributed by atoms with Gasteiger partial charge in [0, 0.05) is 19.1 Å². The molecule has 0 bridgehead atoms. The van der Waals surface area contributed by atoms with Gasteiger partial charge in [-0.3, -0.25) is 0 Å². The Morgan fingerprint density at radius 1 is 1.62 bits per heavy atom. The Kier molecular flexibility index (Phi) is 6.03. The molecule has 1 heterocycles. The third-order valence-electron chi connectivity index (χ3n) is 2.98. The van der Waals surface area contributed by atoms with E-state index in [4.69, 9.17) is 0 Å². The highest BCUT2D eigenvalue weighted by Gasteiger charge is 2.23. The second-order valence-corrected chi connectivity index (χ2v) is 6.07. The van der Waals surface area contributed by atoms with Gasteiger partial charge in [-0.05, 0) is 37.2 Å². The number of amides is 2. The summed E-state index contributed by atoms with van der Waals surface area (Å²) < 4.78 is 0. The Labute approximate surface area is 103 Å². The molecule has 0 aliphatic carbocycles. The average Bonchev–Trinajstić information content (AvgIpc) is 2.65. The van der Waals surface area contributed by atoms with Gasteiger partial charge >= 0.3 is 6.03 Å². The standard InChI is InChI=1S/C12H24N2OS/c1-4-16-8-6-11(3)13-12(15)14-7-5-10(2)9-14/h10-11H,4-9H2,1-3H3,(H,13,15)/t10-,11-/m1/s1. The summed E-state index contributed by atoms with van der Waals surface area (Å²) >= 11 is 1.93. The van der Waals surface area contributed by atoms with Gasteiger partial charge in [-0.15, -0.1) is 0 Å². The summed E-state index contributed by atoms with van der Waals surface area (Å²) in [5.41, 5.74) is 0. The van der Waals surface area contributed by atoms with E-state index in [0.717, 1.165) is 37.4 Å². The summed E-state index contributed by atoms with van der Waals surface area (Å²) in [5, 5.41) is 3.07. The lowest BCUT2D eigenvalue weighted by atomic mass is 10.2. The number of hydrogen-bond donors (Lipinski definition) is 1. The van der Waals surface area contributed by atoms with Crippen molar-refractivity contribution in [2.45, 2.75) is 39.7 Å². The number of carbonyl (C=O) groups excluding carboxylic acids is 1. The summed E-state index contributed by atoms with van der Waals surface area (Å²) in [6.07, 6.45) is 2.21. The molecule has 1 aliphatic heterocycles. The van der Waals surface area contributed by atoms with Gasteiger partial charge in [0.15, 0.2) is 0 Å². The third-order valence-corrected chi connectivity index (χ3v) is 3.91. The minimum Gasteiger partial charge on any atom is -0.336 e. The van der Waals surface area contributed by atoms with Crippen LogP contribution in [0.2, 0.25) is 0 Å². The number of thioether (sulfide) groups is 1. The Hall–Kier alpha value is -0.380. The van der Waals surface area contributed by atoms with Gasteiger partial charge < -0.3 is 10.2 Å². The monoisotopic (exact) mass is 244 g/mol. The first kappa shape index (κ1) is 13.7. The van der Waals surface area contributed by atoms with E-state index in [-0.39, 0.29) is 6.03 Å². The number of rotatable bonds is 5. The van der Waals surface area contributed by atoms with Crippen molar-refractivity contribution in [2.24, 2.45) is 5.92 Å². The number of urea groups is 1. The van der Waals surface area contributed by atoms with Crippen molar-refractivity contribution >= 4 is 17.8 Å². The fraction of sp³-hybridized carbons (Fsp3) is 0.917. The van der Waals surface area contributed by atoms with Crippen LogP contribution >= 0.6 is 11.8 Å². The average molecular weight is 244 g/mol. The zero-order valence-electron chi connectivity index (χ0n) is 10.7. The Morgan fingerprint density at radius 3 is 2.94 bits per heavy atom.